The first-order valence-electron chi connectivity index (χ1n) is 11.8. The molecule has 8 nitrogen and oxygen atoms in total. The number of amides is 1. The largest absolute Gasteiger partial charge is 0.367 e. The van der Waals surface area contributed by atoms with Crippen LogP contribution >= 0.6 is 11.6 Å². The number of fused-ring (bicyclic) bond motifs is 2. The maximum Gasteiger partial charge on any atom is 0.231 e. The molecule has 184 valence electrons. The van der Waals surface area contributed by atoms with Crippen LogP contribution < -0.4 is 21.1 Å². The van der Waals surface area contributed by atoms with Gasteiger partial charge in [0.1, 0.15) is 12.3 Å². The molecule has 3 aromatic heterocycles. The quantitative estimate of drug-likeness (QED) is 0.466. The van der Waals surface area contributed by atoms with Crippen molar-refractivity contribution in [1.29, 1.82) is 0 Å². The smallest absolute Gasteiger partial charge is 0.231 e. The number of hydrogen-bond acceptors (Lipinski definition) is 6. The number of aromatic nitrogens is 3. The Morgan fingerprint density at radius 2 is 2.03 bits per heavy atom. The van der Waals surface area contributed by atoms with Gasteiger partial charge >= 0.3 is 0 Å². The second kappa shape index (κ2) is 8.69. The van der Waals surface area contributed by atoms with Crippen LogP contribution in [0.3, 0.4) is 0 Å². The molecular weight excluding hydrogens is 476 g/mol. The van der Waals surface area contributed by atoms with E-state index in [0.717, 1.165) is 16.8 Å². The number of carbonyl (C=O) groups is 1. The molecule has 3 fully saturated rings. The van der Waals surface area contributed by atoms with Crippen LogP contribution in [0.2, 0.25) is 0 Å². The van der Waals surface area contributed by atoms with Gasteiger partial charge in [-0.25, -0.2) is 13.3 Å². The highest BCUT2D eigenvalue weighted by Crippen LogP contribution is 2.45. The summed E-state index contributed by atoms with van der Waals surface area (Å²) in [6, 6.07) is 8.68. The number of nitrogens with zero attached hydrogens (tertiary/aromatic N) is 4. The van der Waals surface area contributed by atoms with E-state index in [9.17, 15) is 9.18 Å². The molecule has 11 heteroatoms. The molecule has 0 bridgehead atoms. The van der Waals surface area contributed by atoms with Crippen molar-refractivity contribution in [3.63, 3.8) is 0 Å². The van der Waals surface area contributed by atoms with Crippen LogP contribution in [0.15, 0.2) is 48.9 Å². The number of halogens is 3. The third-order valence-corrected chi connectivity index (χ3v) is 8.07. The summed E-state index contributed by atoms with van der Waals surface area (Å²) in [5.41, 5.74) is 9.04. The third kappa shape index (κ3) is 3.93. The van der Waals surface area contributed by atoms with Crippen LogP contribution in [-0.2, 0) is 4.79 Å². The fourth-order valence-corrected chi connectivity index (χ4v) is 6.09. The van der Waals surface area contributed by atoms with E-state index in [-0.39, 0.29) is 30.2 Å². The second-order valence-corrected chi connectivity index (χ2v) is 10.1. The highest BCUT2D eigenvalue weighted by atomic mass is 35.5. The minimum absolute atomic E-state index is 0.0553. The number of pyridine rings is 2. The number of hydrogen-bond donors (Lipinski definition) is 3. The van der Waals surface area contributed by atoms with Gasteiger partial charge in [0, 0.05) is 55.9 Å². The fourth-order valence-electron chi connectivity index (χ4n) is 5.61. The Bertz CT molecular complexity index is 1240. The van der Waals surface area contributed by atoms with Crippen molar-refractivity contribution >= 4 is 34.5 Å². The predicted molar refractivity (Wildman–Crippen MR) is 129 cm³/mol. The van der Waals surface area contributed by atoms with Crippen molar-refractivity contribution in [3.05, 3.63) is 54.5 Å². The summed E-state index contributed by atoms with van der Waals surface area (Å²) in [4.78, 5) is 18.1. The number of alkyl halides is 3. The van der Waals surface area contributed by atoms with Gasteiger partial charge in [-0.1, -0.05) is 0 Å². The van der Waals surface area contributed by atoms with Gasteiger partial charge in [0.15, 0.2) is 5.82 Å². The van der Waals surface area contributed by atoms with Crippen molar-refractivity contribution in [2.45, 2.75) is 42.1 Å². The second-order valence-electron chi connectivity index (χ2n) is 9.64. The molecule has 0 radical (unpaired) electrons. The van der Waals surface area contributed by atoms with Crippen LogP contribution in [-0.4, -0.2) is 63.9 Å². The Morgan fingerprint density at radius 1 is 1.26 bits per heavy atom. The van der Waals surface area contributed by atoms with Crippen LogP contribution in [0.1, 0.15) is 17.9 Å². The first-order valence-corrected chi connectivity index (χ1v) is 12.2. The van der Waals surface area contributed by atoms with Gasteiger partial charge in [0.25, 0.3) is 0 Å². The van der Waals surface area contributed by atoms with E-state index in [0.29, 0.717) is 12.4 Å². The predicted octanol–water partition coefficient (Wildman–Crippen LogP) is 2.67. The number of nitrogens with one attached hydrogen (secondary N) is 3. The summed E-state index contributed by atoms with van der Waals surface area (Å²) in [6.45, 7) is 0.656. The van der Waals surface area contributed by atoms with Gasteiger partial charge in [-0.15, -0.1) is 11.6 Å². The van der Waals surface area contributed by atoms with Gasteiger partial charge in [-0.05, 0) is 42.2 Å². The molecule has 2 aliphatic carbocycles. The summed E-state index contributed by atoms with van der Waals surface area (Å²) in [7, 11) is 1.88. The molecule has 6 unspecified atom stereocenters. The van der Waals surface area contributed by atoms with Crippen molar-refractivity contribution in [3.8, 4) is 0 Å². The number of rotatable bonds is 5. The minimum atomic E-state index is -1.29. The zero-order valence-corrected chi connectivity index (χ0v) is 19.7. The molecule has 8 atom stereocenters. The maximum absolute atomic E-state index is 16.0. The van der Waals surface area contributed by atoms with Crippen LogP contribution in [0.25, 0.3) is 5.52 Å². The van der Waals surface area contributed by atoms with Crippen molar-refractivity contribution in [2.24, 2.45) is 11.8 Å². The zero-order chi connectivity index (χ0) is 24.3. The summed E-state index contributed by atoms with van der Waals surface area (Å²) in [6.07, 6.45) is 3.07. The Morgan fingerprint density at radius 3 is 2.77 bits per heavy atom. The standard InChI is InChI=1S/C24H26ClF2N7O/c1-33(13-2-5-28-6-3-13)23-21(27)20(25)19(16-11-29-31-22(16)23)12-4-7-34-14(8-12)9-18(32-34)30-24(35)15-10-17(15)26/h2-9,15-17,19-23,29,31H,10-11H2,1H3,(H,30,32,35)/t15-,16?,17+,19?,20?,21?,22?,23?/m1/s1. The average Bonchev–Trinajstić information content (AvgIpc) is 3.22. The molecule has 3 aromatic rings. The summed E-state index contributed by atoms with van der Waals surface area (Å²) < 4.78 is 30.8. The topological polar surface area (TPSA) is 86.6 Å². The molecule has 1 amide bonds. The molecule has 1 aliphatic heterocycles. The Hall–Kier alpha value is -2.82. The summed E-state index contributed by atoms with van der Waals surface area (Å²) in [5, 5.41) is 6.30. The molecule has 35 heavy (non-hydrogen) atoms. The molecule has 3 N–H and O–H groups in total. The summed E-state index contributed by atoms with van der Waals surface area (Å²) in [5.74, 6) is -0.766. The molecule has 0 aromatic carbocycles. The van der Waals surface area contributed by atoms with Gasteiger partial charge in [0.2, 0.25) is 5.91 Å². The molecule has 4 heterocycles. The normalized spacial score (nSPS) is 33.9. The Balaban J connectivity index is 1.28. The Labute approximate surface area is 206 Å². The monoisotopic (exact) mass is 501 g/mol. The first kappa shape index (κ1) is 22.6. The number of carbonyl (C=O) groups excluding carboxylic acids is 1. The average molecular weight is 502 g/mol. The van der Waals surface area contributed by atoms with E-state index < -0.39 is 29.7 Å². The fraction of sp³-hybridized carbons (Fsp3) is 0.458. The Kier molecular flexibility index (Phi) is 5.62. The highest BCUT2D eigenvalue weighted by Gasteiger charge is 2.54. The lowest BCUT2D eigenvalue weighted by Crippen LogP contribution is -2.62. The lowest BCUT2D eigenvalue weighted by Gasteiger charge is -2.47. The molecule has 3 aliphatic rings. The van der Waals surface area contributed by atoms with E-state index in [1.54, 1.807) is 29.2 Å². The van der Waals surface area contributed by atoms with Gasteiger partial charge in [0.05, 0.1) is 22.9 Å². The van der Waals surface area contributed by atoms with Gasteiger partial charge < -0.3 is 10.2 Å². The van der Waals surface area contributed by atoms with Gasteiger partial charge in [-0.3, -0.25) is 20.6 Å². The van der Waals surface area contributed by atoms with Crippen LogP contribution in [0.5, 0.6) is 0 Å². The molecule has 6 rings (SSSR count). The molecule has 0 spiro atoms. The van der Waals surface area contributed by atoms with Crippen LogP contribution in [0, 0.1) is 11.8 Å². The molecule has 2 saturated carbocycles. The lowest BCUT2D eigenvalue weighted by molar-refractivity contribution is -0.117. The zero-order valence-electron chi connectivity index (χ0n) is 19.0. The van der Waals surface area contributed by atoms with Crippen molar-refractivity contribution < 1.29 is 13.6 Å². The van der Waals surface area contributed by atoms with Crippen molar-refractivity contribution in [2.75, 3.05) is 23.8 Å². The minimum Gasteiger partial charge on any atom is -0.367 e. The number of anilines is 2. The van der Waals surface area contributed by atoms with Crippen molar-refractivity contribution in [1.82, 2.24) is 25.4 Å². The van der Waals surface area contributed by atoms with E-state index in [4.69, 9.17) is 11.6 Å². The third-order valence-electron chi connectivity index (χ3n) is 7.56. The maximum atomic E-state index is 16.0. The van der Waals surface area contributed by atoms with Gasteiger partial charge in [-0.2, -0.15) is 5.10 Å². The lowest BCUT2D eigenvalue weighted by atomic mass is 9.70. The number of likely N-dealkylation sites (N-methyl/N-ethyl adjacent to an activating group) is 1. The van der Waals surface area contributed by atoms with E-state index in [1.807, 2.05) is 36.2 Å². The molecule has 1 saturated heterocycles. The molecular formula is C24H26ClF2N7O. The highest BCUT2D eigenvalue weighted by molar-refractivity contribution is 6.21. The SMILES string of the molecule is CN(c1ccncc1)C1C(F)C(Cl)C(c2ccn3nc(NC(=O)[C@@H]4C[C@@H]4F)cc3c2)C2CNNC21. The number of hydrazine groups is 1. The first-order chi connectivity index (χ1) is 16.9. The van der Waals surface area contributed by atoms with E-state index in [2.05, 4.69) is 26.3 Å². The van der Waals surface area contributed by atoms with E-state index >= 15 is 4.39 Å². The summed E-state index contributed by atoms with van der Waals surface area (Å²) >= 11 is 6.86. The van der Waals surface area contributed by atoms with E-state index in [1.165, 1.54) is 0 Å². The van der Waals surface area contributed by atoms with Crippen LogP contribution in [0.4, 0.5) is 20.3 Å².